The van der Waals surface area contributed by atoms with Crippen LogP contribution in [0.25, 0.3) is 0 Å². The van der Waals surface area contributed by atoms with Crippen LogP contribution in [0, 0.1) is 0 Å². The van der Waals surface area contributed by atoms with E-state index in [1.54, 1.807) is 18.3 Å². The first kappa shape index (κ1) is 15.4. The summed E-state index contributed by atoms with van der Waals surface area (Å²) in [5, 5.41) is 4.49. The molecule has 2 aromatic rings. The van der Waals surface area contributed by atoms with Crippen LogP contribution in [0.15, 0.2) is 53.7 Å². The van der Waals surface area contributed by atoms with Gasteiger partial charge < -0.3 is 5.32 Å². The highest BCUT2D eigenvalue weighted by Crippen LogP contribution is 2.41. The molecule has 5 heteroatoms. The van der Waals surface area contributed by atoms with Crippen molar-refractivity contribution in [1.29, 1.82) is 0 Å². The maximum absolute atomic E-state index is 12.3. The van der Waals surface area contributed by atoms with E-state index in [-0.39, 0.29) is 11.4 Å². The number of rotatable bonds is 5. The molecule has 1 aliphatic carbocycles. The molecule has 0 aliphatic heterocycles. The average molecular weight is 333 g/mol. The molecule has 0 bridgehead atoms. The standard InChI is InChI=1S/C17H17ClN2OS/c18-14-8-4-11-19-16(14)22-12-15(21)20-17(9-5-10-17)13-6-2-1-3-7-13/h1-4,6-8,11H,5,9-10,12H2,(H,20,21). The molecular formula is C17H17ClN2OS. The van der Waals surface area contributed by atoms with E-state index < -0.39 is 0 Å². The number of nitrogens with zero attached hydrogens (tertiary/aromatic N) is 1. The molecule has 0 spiro atoms. The fraction of sp³-hybridized carbons (Fsp3) is 0.294. The van der Waals surface area contributed by atoms with Crippen LogP contribution in [-0.2, 0) is 10.3 Å². The first-order chi connectivity index (χ1) is 10.7. The molecule has 22 heavy (non-hydrogen) atoms. The second-order valence-corrected chi connectivity index (χ2v) is 6.80. The molecule has 1 aliphatic rings. The molecule has 1 fully saturated rings. The van der Waals surface area contributed by atoms with Gasteiger partial charge in [-0.25, -0.2) is 4.98 Å². The second-order valence-electron chi connectivity index (χ2n) is 5.43. The second kappa shape index (κ2) is 6.71. The SMILES string of the molecule is O=C(CSc1ncccc1Cl)NC1(c2ccccc2)CCC1. The summed E-state index contributed by atoms with van der Waals surface area (Å²) >= 11 is 7.43. The topological polar surface area (TPSA) is 42.0 Å². The van der Waals surface area contributed by atoms with E-state index in [0.717, 1.165) is 19.3 Å². The Bertz CT molecular complexity index is 659. The van der Waals surface area contributed by atoms with E-state index in [2.05, 4.69) is 22.4 Å². The van der Waals surface area contributed by atoms with Gasteiger partial charge in [-0.1, -0.05) is 53.7 Å². The van der Waals surface area contributed by atoms with Crippen molar-refractivity contribution < 1.29 is 4.79 Å². The van der Waals surface area contributed by atoms with E-state index in [9.17, 15) is 4.79 Å². The Morgan fingerprint density at radius 1 is 1.23 bits per heavy atom. The van der Waals surface area contributed by atoms with Gasteiger partial charge in [0, 0.05) is 6.20 Å². The Morgan fingerprint density at radius 2 is 2.00 bits per heavy atom. The molecule has 1 saturated carbocycles. The van der Waals surface area contributed by atoms with Crippen LogP contribution in [0.5, 0.6) is 0 Å². The predicted molar refractivity (Wildman–Crippen MR) is 90.1 cm³/mol. The number of hydrogen-bond acceptors (Lipinski definition) is 3. The first-order valence-electron chi connectivity index (χ1n) is 7.29. The minimum Gasteiger partial charge on any atom is -0.346 e. The Labute approximate surface area is 139 Å². The minimum atomic E-state index is -0.188. The number of nitrogens with one attached hydrogen (secondary N) is 1. The number of pyridine rings is 1. The monoisotopic (exact) mass is 332 g/mol. The molecule has 1 amide bonds. The molecule has 1 heterocycles. The molecule has 0 radical (unpaired) electrons. The number of carbonyl (C=O) groups excluding carboxylic acids is 1. The van der Waals surface area contributed by atoms with Gasteiger partial charge in [0.25, 0.3) is 0 Å². The van der Waals surface area contributed by atoms with Crippen molar-refractivity contribution in [3.63, 3.8) is 0 Å². The number of amides is 1. The highest BCUT2D eigenvalue weighted by molar-refractivity contribution is 8.00. The lowest BCUT2D eigenvalue weighted by Crippen LogP contribution is -2.51. The van der Waals surface area contributed by atoms with Gasteiger partial charge in [-0.05, 0) is 37.0 Å². The Hall–Kier alpha value is -1.52. The lowest BCUT2D eigenvalue weighted by Gasteiger charge is -2.43. The van der Waals surface area contributed by atoms with E-state index in [0.29, 0.717) is 15.8 Å². The summed E-state index contributed by atoms with van der Waals surface area (Å²) in [6.45, 7) is 0. The maximum Gasteiger partial charge on any atom is 0.231 e. The zero-order chi connectivity index (χ0) is 15.4. The zero-order valence-electron chi connectivity index (χ0n) is 12.1. The largest absolute Gasteiger partial charge is 0.346 e. The summed E-state index contributed by atoms with van der Waals surface area (Å²) in [7, 11) is 0. The Kier molecular flexibility index (Phi) is 4.69. The molecule has 1 aromatic carbocycles. The van der Waals surface area contributed by atoms with Gasteiger partial charge in [-0.3, -0.25) is 4.79 Å². The van der Waals surface area contributed by atoms with Crippen molar-refractivity contribution >= 4 is 29.3 Å². The molecule has 3 rings (SSSR count). The molecule has 0 unspecified atom stereocenters. The number of halogens is 1. The lowest BCUT2D eigenvalue weighted by molar-refractivity contribution is -0.121. The van der Waals surface area contributed by atoms with Crippen LogP contribution < -0.4 is 5.32 Å². The third-order valence-corrected chi connectivity index (χ3v) is 5.40. The first-order valence-corrected chi connectivity index (χ1v) is 8.66. The van der Waals surface area contributed by atoms with Gasteiger partial charge >= 0.3 is 0 Å². The smallest absolute Gasteiger partial charge is 0.231 e. The maximum atomic E-state index is 12.3. The summed E-state index contributed by atoms with van der Waals surface area (Å²) in [5.41, 5.74) is 1.00. The number of aromatic nitrogens is 1. The summed E-state index contributed by atoms with van der Waals surface area (Å²) in [4.78, 5) is 16.5. The Balaban J connectivity index is 1.63. The average Bonchev–Trinajstić information content (AvgIpc) is 2.51. The fourth-order valence-electron chi connectivity index (χ4n) is 2.69. The van der Waals surface area contributed by atoms with Crippen molar-refractivity contribution in [3.8, 4) is 0 Å². The van der Waals surface area contributed by atoms with Gasteiger partial charge in [0.05, 0.1) is 16.3 Å². The molecular weight excluding hydrogens is 316 g/mol. The quantitative estimate of drug-likeness (QED) is 0.841. The molecule has 1 N–H and O–H groups in total. The minimum absolute atomic E-state index is 0.0234. The summed E-state index contributed by atoms with van der Waals surface area (Å²) < 4.78 is 0. The van der Waals surface area contributed by atoms with Crippen LogP contribution in [0.2, 0.25) is 5.02 Å². The normalized spacial score (nSPS) is 15.9. The number of thioether (sulfide) groups is 1. The highest BCUT2D eigenvalue weighted by atomic mass is 35.5. The lowest BCUT2D eigenvalue weighted by atomic mass is 9.72. The number of hydrogen-bond donors (Lipinski definition) is 1. The molecule has 114 valence electrons. The predicted octanol–water partition coefficient (Wildman–Crippen LogP) is 4.02. The van der Waals surface area contributed by atoms with Gasteiger partial charge in [0.2, 0.25) is 5.91 Å². The fourth-order valence-corrected chi connectivity index (χ4v) is 3.65. The van der Waals surface area contributed by atoms with E-state index in [4.69, 9.17) is 11.6 Å². The summed E-state index contributed by atoms with van der Waals surface area (Å²) in [5.74, 6) is 0.348. The van der Waals surface area contributed by atoms with Crippen molar-refractivity contribution in [2.24, 2.45) is 0 Å². The van der Waals surface area contributed by atoms with Crippen LogP contribution in [0.3, 0.4) is 0 Å². The summed E-state index contributed by atoms with van der Waals surface area (Å²) in [6.07, 6.45) is 4.83. The Morgan fingerprint density at radius 3 is 2.64 bits per heavy atom. The third-order valence-electron chi connectivity index (χ3n) is 3.98. The molecule has 0 saturated heterocycles. The van der Waals surface area contributed by atoms with Crippen molar-refractivity contribution in [1.82, 2.24) is 10.3 Å². The van der Waals surface area contributed by atoms with Crippen molar-refractivity contribution in [3.05, 3.63) is 59.2 Å². The van der Waals surface area contributed by atoms with Gasteiger partial charge in [-0.15, -0.1) is 0 Å². The van der Waals surface area contributed by atoms with Crippen LogP contribution in [-0.4, -0.2) is 16.6 Å². The van der Waals surface area contributed by atoms with E-state index >= 15 is 0 Å². The third kappa shape index (κ3) is 3.28. The molecule has 1 aromatic heterocycles. The summed E-state index contributed by atoms with van der Waals surface area (Å²) in [6, 6.07) is 13.8. The zero-order valence-corrected chi connectivity index (χ0v) is 13.7. The van der Waals surface area contributed by atoms with Crippen LogP contribution in [0.1, 0.15) is 24.8 Å². The van der Waals surface area contributed by atoms with Crippen molar-refractivity contribution in [2.45, 2.75) is 29.8 Å². The van der Waals surface area contributed by atoms with Gasteiger partial charge in [0.15, 0.2) is 0 Å². The van der Waals surface area contributed by atoms with Crippen LogP contribution >= 0.6 is 23.4 Å². The van der Waals surface area contributed by atoms with E-state index in [1.165, 1.54) is 17.3 Å². The number of carbonyl (C=O) groups is 1. The van der Waals surface area contributed by atoms with Gasteiger partial charge in [0.1, 0.15) is 5.03 Å². The molecule has 0 atom stereocenters. The van der Waals surface area contributed by atoms with Crippen LogP contribution in [0.4, 0.5) is 0 Å². The molecule has 3 nitrogen and oxygen atoms in total. The van der Waals surface area contributed by atoms with Crippen molar-refractivity contribution in [2.75, 3.05) is 5.75 Å². The highest BCUT2D eigenvalue weighted by Gasteiger charge is 2.39. The van der Waals surface area contributed by atoms with Gasteiger partial charge in [-0.2, -0.15) is 0 Å². The number of benzene rings is 1. The van der Waals surface area contributed by atoms with E-state index in [1.807, 2.05) is 18.2 Å².